The number of carbonyl (C=O) groups excluding carboxylic acids is 2. The largest absolute Gasteiger partial charge is 0.448 e. The number of aromatic nitrogens is 1. The standard InChI is InChI=1S/C16H17ClN2O3S/c1-4-12-9(2)7-13(23-12)16(21)22-10(3)15(20)19-14-6-5-11(17)8-18-14/h5-8,10H,4H2,1-3H3,(H,18,19,20). The van der Waals surface area contributed by atoms with Crippen molar-refractivity contribution in [2.45, 2.75) is 33.3 Å². The summed E-state index contributed by atoms with van der Waals surface area (Å²) in [6.45, 7) is 5.50. The highest BCUT2D eigenvalue weighted by Crippen LogP contribution is 2.23. The van der Waals surface area contributed by atoms with Crippen LogP contribution in [0.5, 0.6) is 0 Å². The molecule has 0 bridgehead atoms. The molecule has 0 aliphatic carbocycles. The van der Waals surface area contributed by atoms with Crippen LogP contribution in [0.2, 0.25) is 5.02 Å². The van der Waals surface area contributed by atoms with Crippen LogP contribution >= 0.6 is 22.9 Å². The van der Waals surface area contributed by atoms with Gasteiger partial charge in [0.05, 0.1) is 5.02 Å². The molecule has 122 valence electrons. The summed E-state index contributed by atoms with van der Waals surface area (Å²) in [7, 11) is 0. The minimum Gasteiger partial charge on any atom is -0.448 e. The molecule has 2 rings (SSSR count). The second-order valence-electron chi connectivity index (χ2n) is 4.97. The first kappa shape index (κ1) is 17.4. The number of rotatable bonds is 5. The molecule has 0 aromatic carbocycles. The van der Waals surface area contributed by atoms with E-state index in [0.29, 0.717) is 15.7 Å². The van der Waals surface area contributed by atoms with Crippen molar-refractivity contribution >= 4 is 40.6 Å². The molecule has 0 saturated carbocycles. The van der Waals surface area contributed by atoms with E-state index in [1.54, 1.807) is 18.2 Å². The third-order valence-corrected chi connectivity index (χ3v) is 4.76. The maximum absolute atomic E-state index is 12.1. The molecule has 0 saturated heterocycles. The van der Waals surface area contributed by atoms with Gasteiger partial charge in [-0.3, -0.25) is 4.79 Å². The Bertz CT molecular complexity index is 713. The van der Waals surface area contributed by atoms with Gasteiger partial charge in [0, 0.05) is 11.1 Å². The summed E-state index contributed by atoms with van der Waals surface area (Å²) < 4.78 is 5.21. The number of ether oxygens (including phenoxy) is 1. The number of esters is 1. The van der Waals surface area contributed by atoms with Gasteiger partial charge in [-0.15, -0.1) is 11.3 Å². The number of amides is 1. The molecule has 0 radical (unpaired) electrons. The highest BCUT2D eigenvalue weighted by molar-refractivity contribution is 7.14. The molecule has 0 aliphatic heterocycles. The third-order valence-electron chi connectivity index (χ3n) is 3.17. The van der Waals surface area contributed by atoms with Gasteiger partial charge < -0.3 is 10.1 Å². The van der Waals surface area contributed by atoms with E-state index in [0.717, 1.165) is 16.9 Å². The van der Waals surface area contributed by atoms with E-state index in [1.807, 2.05) is 13.8 Å². The van der Waals surface area contributed by atoms with Crippen LogP contribution in [-0.2, 0) is 16.0 Å². The lowest BCUT2D eigenvalue weighted by Gasteiger charge is -2.12. The lowest BCUT2D eigenvalue weighted by molar-refractivity contribution is -0.123. The number of nitrogens with zero attached hydrogens (tertiary/aromatic N) is 1. The first-order valence-electron chi connectivity index (χ1n) is 7.13. The number of aryl methyl sites for hydroxylation is 2. The quantitative estimate of drug-likeness (QED) is 0.830. The van der Waals surface area contributed by atoms with E-state index in [4.69, 9.17) is 16.3 Å². The minimum absolute atomic E-state index is 0.350. The molecule has 0 spiro atoms. The average molecular weight is 353 g/mol. The molecule has 2 aromatic rings. The zero-order chi connectivity index (χ0) is 17.0. The minimum atomic E-state index is -0.924. The van der Waals surface area contributed by atoms with E-state index in [2.05, 4.69) is 10.3 Å². The second-order valence-corrected chi connectivity index (χ2v) is 6.54. The topological polar surface area (TPSA) is 68.3 Å². The molecule has 2 heterocycles. The van der Waals surface area contributed by atoms with Crippen molar-refractivity contribution in [1.29, 1.82) is 0 Å². The fraction of sp³-hybridized carbons (Fsp3) is 0.312. The van der Waals surface area contributed by atoms with Crippen LogP contribution in [0, 0.1) is 6.92 Å². The summed E-state index contributed by atoms with van der Waals surface area (Å²) in [5.74, 6) is -0.593. The molecule has 23 heavy (non-hydrogen) atoms. The van der Waals surface area contributed by atoms with Crippen molar-refractivity contribution in [2.75, 3.05) is 5.32 Å². The molecule has 1 atom stereocenters. The fourth-order valence-electron chi connectivity index (χ4n) is 1.92. The van der Waals surface area contributed by atoms with Crippen LogP contribution < -0.4 is 5.32 Å². The van der Waals surface area contributed by atoms with Crippen molar-refractivity contribution in [3.8, 4) is 0 Å². The fourth-order valence-corrected chi connectivity index (χ4v) is 3.03. The van der Waals surface area contributed by atoms with Crippen LogP contribution in [-0.4, -0.2) is 23.0 Å². The Kier molecular flexibility index (Phi) is 5.74. The summed E-state index contributed by atoms with van der Waals surface area (Å²) in [6.07, 6.45) is 1.36. The van der Waals surface area contributed by atoms with E-state index in [1.165, 1.54) is 24.5 Å². The first-order valence-corrected chi connectivity index (χ1v) is 8.32. The van der Waals surface area contributed by atoms with Gasteiger partial charge in [0.2, 0.25) is 0 Å². The van der Waals surface area contributed by atoms with E-state index >= 15 is 0 Å². The first-order chi connectivity index (χ1) is 10.9. The highest BCUT2D eigenvalue weighted by atomic mass is 35.5. The third kappa shape index (κ3) is 4.53. The molecule has 7 heteroatoms. The van der Waals surface area contributed by atoms with Gasteiger partial charge in [0.15, 0.2) is 6.10 Å². The Hall–Kier alpha value is -1.92. The van der Waals surface area contributed by atoms with Crippen LogP contribution in [0.3, 0.4) is 0 Å². The van der Waals surface area contributed by atoms with Crippen LogP contribution in [0.15, 0.2) is 24.4 Å². The van der Waals surface area contributed by atoms with Crippen molar-refractivity contribution < 1.29 is 14.3 Å². The zero-order valence-corrected chi connectivity index (χ0v) is 14.6. The molecule has 0 fully saturated rings. The maximum Gasteiger partial charge on any atom is 0.349 e. The average Bonchev–Trinajstić information content (AvgIpc) is 2.90. The summed E-state index contributed by atoms with van der Waals surface area (Å²) in [6, 6.07) is 4.98. The summed E-state index contributed by atoms with van der Waals surface area (Å²) >= 11 is 7.12. The zero-order valence-electron chi connectivity index (χ0n) is 13.1. The number of hydrogen-bond acceptors (Lipinski definition) is 5. The Balaban J connectivity index is 1.96. The number of anilines is 1. The number of nitrogens with one attached hydrogen (secondary N) is 1. The molecular weight excluding hydrogens is 336 g/mol. The monoisotopic (exact) mass is 352 g/mol. The van der Waals surface area contributed by atoms with Gasteiger partial charge in [-0.05, 0) is 44.0 Å². The summed E-state index contributed by atoms with van der Waals surface area (Å²) in [4.78, 5) is 29.8. The van der Waals surface area contributed by atoms with Gasteiger partial charge in [-0.2, -0.15) is 0 Å². The number of halogens is 1. The van der Waals surface area contributed by atoms with E-state index < -0.39 is 18.0 Å². The van der Waals surface area contributed by atoms with Crippen LogP contribution in [0.4, 0.5) is 5.82 Å². The van der Waals surface area contributed by atoms with Gasteiger partial charge in [-0.25, -0.2) is 9.78 Å². The van der Waals surface area contributed by atoms with Gasteiger partial charge in [-0.1, -0.05) is 18.5 Å². The van der Waals surface area contributed by atoms with Gasteiger partial charge >= 0.3 is 5.97 Å². The van der Waals surface area contributed by atoms with Crippen molar-refractivity contribution in [1.82, 2.24) is 4.98 Å². The smallest absolute Gasteiger partial charge is 0.349 e. The molecule has 0 aliphatic rings. The number of hydrogen-bond donors (Lipinski definition) is 1. The van der Waals surface area contributed by atoms with E-state index in [9.17, 15) is 9.59 Å². The molecule has 5 nitrogen and oxygen atoms in total. The number of pyridine rings is 1. The van der Waals surface area contributed by atoms with E-state index in [-0.39, 0.29) is 0 Å². The SMILES string of the molecule is CCc1sc(C(=O)OC(C)C(=O)Nc2ccc(Cl)cn2)cc1C. The Morgan fingerprint density at radius 2 is 2.17 bits per heavy atom. The predicted molar refractivity (Wildman–Crippen MR) is 91.2 cm³/mol. The lowest BCUT2D eigenvalue weighted by atomic mass is 10.2. The van der Waals surface area contributed by atoms with Crippen molar-refractivity contribution in [3.05, 3.63) is 44.7 Å². The normalized spacial score (nSPS) is 11.8. The Labute approximate surface area is 143 Å². The van der Waals surface area contributed by atoms with Crippen LogP contribution in [0.25, 0.3) is 0 Å². The Morgan fingerprint density at radius 3 is 2.74 bits per heavy atom. The summed E-state index contributed by atoms with van der Waals surface area (Å²) in [5.41, 5.74) is 1.06. The number of thiophene rings is 1. The summed E-state index contributed by atoms with van der Waals surface area (Å²) in [5, 5.41) is 3.05. The van der Waals surface area contributed by atoms with Crippen molar-refractivity contribution in [3.63, 3.8) is 0 Å². The van der Waals surface area contributed by atoms with Gasteiger partial charge in [0.25, 0.3) is 5.91 Å². The lowest BCUT2D eigenvalue weighted by Crippen LogP contribution is -2.30. The highest BCUT2D eigenvalue weighted by Gasteiger charge is 2.21. The Morgan fingerprint density at radius 1 is 1.43 bits per heavy atom. The van der Waals surface area contributed by atoms with Gasteiger partial charge in [0.1, 0.15) is 10.7 Å². The van der Waals surface area contributed by atoms with Crippen molar-refractivity contribution in [2.24, 2.45) is 0 Å². The number of carbonyl (C=O) groups is 2. The molecule has 1 amide bonds. The second kappa shape index (κ2) is 7.57. The maximum atomic E-state index is 12.1. The molecular formula is C16H17ClN2O3S. The molecule has 1 N–H and O–H groups in total. The van der Waals surface area contributed by atoms with Crippen LogP contribution in [0.1, 0.15) is 34.0 Å². The molecule has 2 aromatic heterocycles. The predicted octanol–water partition coefficient (Wildman–Crippen LogP) is 3.85. The molecule has 1 unspecified atom stereocenters.